The van der Waals surface area contributed by atoms with Crippen molar-refractivity contribution in [2.75, 3.05) is 18.4 Å². The summed E-state index contributed by atoms with van der Waals surface area (Å²) in [5.41, 5.74) is 1.85. The molecule has 6 heteroatoms. The van der Waals surface area contributed by atoms with E-state index < -0.39 is 10.0 Å². The Labute approximate surface area is 137 Å². The summed E-state index contributed by atoms with van der Waals surface area (Å²) in [4.78, 5) is 0.234. The van der Waals surface area contributed by atoms with E-state index in [1.54, 1.807) is 50.4 Å². The Morgan fingerprint density at radius 3 is 2.48 bits per heavy atom. The van der Waals surface area contributed by atoms with Crippen LogP contribution in [-0.2, 0) is 10.0 Å². The van der Waals surface area contributed by atoms with Crippen LogP contribution in [0.15, 0.2) is 41.3 Å². The first-order valence-corrected chi connectivity index (χ1v) is 8.76. The Balaban J connectivity index is 2.36. The Morgan fingerprint density at radius 1 is 1.09 bits per heavy atom. The van der Waals surface area contributed by atoms with E-state index in [0.29, 0.717) is 29.4 Å². The van der Waals surface area contributed by atoms with E-state index in [1.165, 1.54) is 0 Å². The van der Waals surface area contributed by atoms with Gasteiger partial charge in [0.15, 0.2) is 0 Å². The van der Waals surface area contributed by atoms with Crippen molar-refractivity contribution in [2.24, 2.45) is 0 Å². The Hall–Kier alpha value is -2.21. The molecule has 5 nitrogen and oxygen atoms in total. The molecule has 2 rings (SSSR count). The second kappa shape index (κ2) is 6.91. The van der Waals surface area contributed by atoms with Gasteiger partial charge < -0.3 is 9.47 Å². The molecule has 0 bridgehead atoms. The van der Waals surface area contributed by atoms with Gasteiger partial charge in [0, 0.05) is 6.07 Å². The summed E-state index contributed by atoms with van der Waals surface area (Å²) in [6, 6.07) is 10.2. The highest BCUT2D eigenvalue weighted by Gasteiger charge is 2.19. The summed E-state index contributed by atoms with van der Waals surface area (Å²) >= 11 is 0. The van der Waals surface area contributed by atoms with E-state index in [1.807, 2.05) is 13.8 Å². The van der Waals surface area contributed by atoms with Gasteiger partial charge in [-0.25, -0.2) is 8.42 Å². The maximum atomic E-state index is 12.7. The van der Waals surface area contributed by atoms with E-state index in [9.17, 15) is 8.42 Å². The van der Waals surface area contributed by atoms with Crippen LogP contribution in [0.5, 0.6) is 11.5 Å². The molecule has 0 heterocycles. The SMILES string of the molecule is CCOc1cccc(NS(=O)(=O)c2cc(C)c(OC)cc2C)c1. The fourth-order valence-electron chi connectivity index (χ4n) is 2.30. The highest BCUT2D eigenvalue weighted by Crippen LogP contribution is 2.27. The molecule has 0 aliphatic rings. The molecule has 0 spiro atoms. The van der Waals surface area contributed by atoms with Crippen LogP contribution in [0.3, 0.4) is 0 Å². The molecule has 0 saturated heterocycles. The summed E-state index contributed by atoms with van der Waals surface area (Å²) in [6.45, 7) is 5.95. The van der Waals surface area contributed by atoms with Gasteiger partial charge in [0.1, 0.15) is 11.5 Å². The lowest BCUT2D eigenvalue weighted by atomic mass is 10.1. The van der Waals surface area contributed by atoms with Crippen molar-refractivity contribution >= 4 is 15.7 Å². The zero-order valence-electron chi connectivity index (χ0n) is 13.7. The summed E-state index contributed by atoms with van der Waals surface area (Å²) in [5.74, 6) is 1.29. The molecule has 0 fully saturated rings. The fraction of sp³-hybridized carbons (Fsp3) is 0.294. The number of rotatable bonds is 6. The van der Waals surface area contributed by atoms with Gasteiger partial charge >= 0.3 is 0 Å². The Kier molecular flexibility index (Phi) is 5.15. The zero-order chi connectivity index (χ0) is 17.0. The van der Waals surface area contributed by atoms with Gasteiger partial charge in [0.2, 0.25) is 0 Å². The number of nitrogens with one attached hydrogen (secondary N) is 1. The summed E-state index contributed by atoms with van der Waals surface area (Å²) in [6.07, 6.45) is 0. The van der Waals surface area contributed by atoms with Crippen molar-refractivity contribution in [1.29, 1.82) is 0 Å². The first kappa shape index (κ1) is 17.1. The van der Waals surface area contributed by atoms with Crippen molar-refractivity contribution in [3.05, 3.63) is 47.5 Å². The summed E-state index contributed by atoms with van der Waals surface area (Å²) in [7, 11) is -2.12. The Bertz CT molecular complexity index is 800. The third-order valence-electron chi connectivity index (χ3n) is 3.38. The van der Waals surface area contributed by atoms with Gasteiger partial charge in [-0.1, -0.05) is 6.07 Å². The highest BCUT2D eigenvalue weighted by atomic mass is 32.2. The molecule has 0 radical (unpaired) electrons. The number of aryl methyl sites for hydroxylation is 2. The van der Waals surface area contributed by atoms with E-state index in [0.717, 1.165) is 5.56 Å². The van der Waals surface area contributed by atoms with Crippen LogP contribution in [0.25, 0.3) is 0 Å². The van der Waals surface area contributed by atoms with Crippen molar-refractivity contribution in [3.8, 4) is 11.5 Å². The minimum absolute atomic E-state index is 0.234. The fourth-order valence-corrected chi connectivity index (χ4v) is 3.66. The molecular formula is C17H21NO4S. The zero-order valence-corrected chi connectivity index (χ0v) is 14.5. The number of hydrogen-bond donors (Lipinski definition) is 1. The van der Waals surface area contributed by atoms with Crippen LogP contribution in [0.4, 0.5) is 5.69 Å². The second-order valence-corrected chi connectivity index (χ2v) is 6.80. The number of benzene rings is 2. The number of hydrogen-bond acceptors (Lipinski definition) is 4. The van der Waals surface area contributed by atoms with Crippen LogP contribution in [-0.4, -0.2) is 22.1 Å². The number of sulfonamides is 1. The number of methoxy groups -OCH3 is 1. The molecule has 0 aliphatic carbocycles. The molecule has 1 N–H and O–H groups in total. The standard InChI is InChI=1S/C17H21NO4S/c1-5-22-15-8-6-7-14(11-15)18-23(19,20)17-10-12(2)16(21-4)9-13(17)3/h6-11,18H,5H2,1-4H3. The van der Waals surface area contributed by atoms with Crippen LogP contribution in [0, 0.1) is 13.8 Å². The third kappa shape index (κ3) is 3.96. The van der Waals surface area contributed by atoms with Crippen molar-refractivity contribution in [2.45, 2.75) is 25.7 Å². The monoisotopic (exact) mass is 335 g/mol. The molecule has 124 valence electrons. The minimum atomic E-state index is -3.68. The third-order valence-corrected chi connectivity index (χ3v) is 4.90. The Morgan fingerprint density at radius 2 is 1.83 bits per heavy atom. The molecule has 0 atom stereocenters. The molecule has 0 amide bonds. The molecule has 0 aliphatic heterocycles. The average Bonchev–Trinajstić information content (AvgIpc) is 2.49. The predicted octanol–water partition coefficient (Wildman–Crippen LogP) is 3.51. The van der Waals surface area contributed by atoms with Gasteiger partial charge in [-0.15, -0.1) is 0 Å². The summed E-state index contributed by atoms with van der Waals surface area (Å²) < 4.78 is 38.5. The van der Waals surface area contributed by atoms with Crippen molar-refractivity contribution in [3.63, 3.8) is 0 Å². The normalized spacial score (nSPS) is 11.1. The van der Waals surface area contributed by atoms with E-state index >= 15 is 0 Å². The van der Waals surface area contributed by atoms with E-state index in [4.69, 9.17) is 9.47 Å². The lowest BCUT2D eigenvalue weighted by molar-refractivity contribution is 0.340. The van der Waals surface area contributed by atoms with E-state index in [-0.39, 0.29) is 4.90 Å². The topological polar surface area (TPSA) is 64.6 Å². The largest absolute Gasteiger partial charge is 0.496 e. The van der Waals surface area contributed by atoms with Gasteiger partial charge in [0.05, 0.1) is 24.3 Å². The van der Waals surface area contributed by atoms with Crippen molar-refractivity contribution < 1.29 is 17.9 Å². The second-order valence-electron chi connectivity index (χ2n) is 5.15. The molecule has 23 heavy (non-hydrogen) atoms. The molecule has 0 aromatic heterocycles. The maximum absolute atomic E-state index is 12.7. The molecule has 2 aromatic carbocycles. The van der Waals surface area contributed by atoms with Gasteiger partial charge in [0.25, 0.3) is 10.0 Å². The van der Waals surface area contributed by atoms with Crippen LogP contribution >= 0.6 is 0 Å². The van der Waals surface area contributed by atoms with Gasteiger partial charge in [-0.3, -0.25) is 4.72 Å². The predicted molar refractivity (Wildman–Crippen MR) is 90.9 cm³/mol. The number of anilines is 1. The molecule has 2 aromatic rings. The van der Waals surface area contributed by atoms with Crippen LogP contribution in [0.2, 0.25) is 0 Å². The average molecular weight is 335 g/mol. The first-order chi connectivity index (χ1) is 10.9. The number of ether oxygens (including phenoxy) is 2. The lowest BCUT2D eigenvalue weighted by Crippen LogP contribution is -2.14. The van der Waals surface area contributed by atoms with Gasteiger partial charge in [-0.05, 0) is 56.2 Å². The van der Waals surface area contributed by atoms with Crippen molar-refractivity contribution in [1.82, 2.24) is 0 Å². The molecular weight excluding hydrogens is 314 g/mol. The maximum Gasteiger partial charge on any atom is 0.262 e. The van der Waals surface area contributed by atoms with Crippen LogP contribution < -0.4 is 14.2 Å². The van der Waals surface area contributed by atoms with E-state index in [2.05, 4.69) is 4.72 Å². The van der Waals surface area contributed by atoms with Gasteiger partial charge in [-0.2, -0.15) is 0 Å². The lowest BCUT2D eigenvalue weighted by Gasteiger charge is -2.14. The summed E-state index contributed by atoms with van der Waals surface area (Å²) in [5, 5.41) is 0. The van der Waals surface area contributed by atoms with Crippen LogP contribution in [0.1, 0.15) is 18.1 Å². The molecule has 0 unspecified atom stereocenters. The first-order valence-electron chi connectivity index (χ1n) is 7.28. The smallest absolute Gasteiger partial charge is 0.262 e. The highest BCUT2D eigenvalue weighted by molar-refractivity contribution is 7.92. The quantitative estimate of drug-likeness (QED) is 0.877. The molecule has 0 saturated carbocycles. The minimum Gasteiger partial charge on any atom is -0.496 e.